The maximum absolute atomic E-state index is 13.0. The molecule has 4 rings (SSSR count). The Morgan fingerprint density at radius 1 is 0.935 bits per heavy atom. The Morgan fingerprint density at radius 3 is 2.32 bits per heavy atom. The number of halogens is 3. The lowest BCUT2D eigenvalue weighted by atomic mass is 10.2. The van der Waals surface area contributed by atoms with Crippen molar-refractivity contribution in [2.75, 3.05) is 5.32 Å². The topological polar surface area (TPSA) is 59.8 Å². The molecule has 1 N–H and O–H groups in total. The summed E-state index contributed by atoms with van der Waals surface area (Å²) in [5, 5.41) is 8.02. The predicted octanol–water partition coefficient (Wildman–Crippen LogP) is 6.98. The van der Waals surface area contributed by atoms with Crippen molar-refractivity contribution in [2.45, 2.75) is 13.8 Å². The number of carbonyl (C=O) groups excluding carboxylic acids is 1. The number of aryl methyl sites for hydroxylation is 2. The van der Waals surface area contributed by atoms with Crippen LogP contribution in [0, 0.1) is 13.8 Å². The van der Waals surface area contributed by atoms with Gasteiger partial charge in [-0.05, 0) is 67.4 Å². The summed E-state index contributed by atoms with van der Waals surface area (Å²) in [6.07, 6.45) is 0. The Labute approximate surface area is 201 Å². The van der Waals surface area contributed by atoms with E-state index in [1.165, 1.54) is 0 Å². The molecule has 0 saturated heterocycles. The van der Waals surface area contributed by atoms with Crippen molar-refractivity contribution in [2.24, 2.45) is 0 Å². The first-order chi connectivity index (χ1) is 14.8. The molecule has 1 heterocycles. The van der Waals surface area contributed by atoms with E-state index in [0.29, 0.717) is 16.5 Å². The molecule has 0 spiro atoms. The van der Waals surface area contributed by atoms with Crippen LogP contribution in [-0.2, 0) is 0 Å². The molecule has 0 aliphatic carbocycles. The average molecular weight is 561 g/mol. The first kappa shape index (κ1) is 21.7. The summed E-state index contributed by atoms with van der Waals surface area (Å²) >= 11 is 13.2. The van der Waals surface area contributed by atoms with Crippen LogP contribution in [0.3, 0.4) is 0 Å². The van der Waals surface area contributed by atoms with Gasteiger partial charge in [0.2, 0.25) is 5.82 Å². The number of carbonyl (C=O) groups is 1. The molecule has 1 amide bonds. The van der Waals surface area contributed by atoms with Gasteiger partial charge in [0.1, 0.15) is 0 Å². The fourth-order valence-corrected chi connectivity index (χ4v) is 3.95. The van der Waals surface area contributed by atoms with Gasteiger partial charge in [0.25, 0.3) is 5.91 Å². The van der Waals surface area contributed by atoms with Crippen LogP contribution in [-0.4, -0.2) is 20.7 Å². The summed E-state index contributed by atoms with van der Waals surface area (Å²) in [5.41, 5.74) is 4.14. The van der Waals surface area contributed by atoms with Crippen LogP contribution < -0.4 is 5.32 Å². The molecule has 4 aromatic rings. The van der Waals surface area contributed by atoms with Gasteiger partial charge in [-0.3, -0.25) is 4.79 Å². The molecule has 156 valence electrons. The van der Waals surface area contributed by atoms with E-state index in [-0.39, 0.29) is 11.7 Å². The van der Waals surface area contributed by atoms with Gasteiger partial charge in [0, 0.05) is 25.2 Å². The highest BCUT2D eigenvalue weighted by Gasteiger charge is 2.20. The maximum atomic E-state index is 13.0. The lowest BCUT2D eigenvalue weighted by molar-refractivity contribution is 0.101. The highest BCUT2D eigenvalue weighted by molar-refractivity contribution is 9.10. The highest BCUT2D eigenvalue weighted by Crippen LogP contribution is 2.26. The van der Waals surface area contributed by atoms with Crippen molar-refractivity contribution in [3.05, 3.63) is 91.6 Å². The summed E-state index contributed by atoms with van der Waals surface area (Å²) in [5.74, 6) is 0.225. The largest absolute Gasteiger partial charge is 0.319 e. The molecule has 0 aliphatic heterocycles. The second-order valence-electron chi connectivity index (χ2n) is 7.02. The maximum Gasteiger partial charge on any atom is 0.295 e. The van der Waals surface area contributed by atoms with Gasteiger partial charge in [0.05, 0.1) is 5.69 Å². The molecule has 31 heavy (non-hydrogen) atoms. The molecule has 1 aromatic heterocycles. The Hall–Kier alpha value is -2.48. The number of hydrogen-bond acceptors (Lipinski definition) is 3. The molecular formula is C23H17Br2ClN4O. The van der Waals surface area contributed by atoms with E-state index in [4.69, 9.17) is 11.6 Å². The first-order valence-corrected chi connectivity index (χ1v) is 11.4. The third-order valence-corrected chi connectivity index (χ3v) is 6.18. The number of anilines is 1. The quantitative estimate of drug-likeness (QED) is 0.293. The standard InChI is InChI=1S/C23H17Br2ClN4O/c1-13-3-9-18(12-19(13)26)30-22(15-4-6-16(24)7-5-15)28-21(29-30)23(31)27-20-10-8-17(25)11-14(20)2/h3-12H,1-2H3,(H,27,31). The Bertz CT molecular complexity index is 1290. The van der Waals surface area contributed by atoms with Crippen molar-refractivity contribution < 1.29 is 4.79 Å². The van der Waals surface area contributed by atoms with E-state index >= 15 is 0 Å². The molecule has 0 radical (unpaired) electrons. The van der Waals surface area contributed by atoms with Crippen LogP contribution in [0.25, 0.3) is 17.1 Å². The molecule has 3 aromatic carbocycles. The van der Waals surface area contributed by atoms with Crippen molar-refractivity contribution >= 4 is 55.1 Å². The van der Waals surface area contributed by atoms with E-state index in [9.17, 15) is 4.79 Å². The van der Waals surface area contributed by atoms with Gasteiger partial charge >= 0.3 is 0 Å². The van der Waals surface area contributed by atoms with Crippen LogP contribution in [0.4, 0.5) is 5.69 Å². The van der Waals surface area contributed by atoms with Gasteiger partial charge in [-0.1, -0.05) is 61.7 Å². The number of nitrogens with one attached hydrogen (secondary N) is 1. The van der Waals surface area contributed by atoms with Gasteiger partial charge in [-0.25, -0.2) is 9.67 Å². The highest BCUT2D eigenvalue weighted by atomic mass is 79.9. The normalized spacial score (nSPS) is 10.9. The zero-order valence-electron chi connectivity index (χ0n) is 16.7. The molecular weight excluding hydrogens is 544 g/mol. The number of rotatable bonds is 4. The zero-order chi connectivity index (χ0) is 22.1. The van der Waals surface area contributed by atoms with Crippen LogP contribution in [0.1, 0.15) is 21.7 Å². The first-order valence-electron chi connectivity index (χ1n) is 9.39. The summed E-state index contributed by atoms with van der Waals surface area (Å²) < 4.78 is 3.53. The van der Waals surface area contributed by atoms with E-state index in [2.05, 4.69) is 47.3 Å². The summed E-state index contributed by atoms with van der Waals surface area (Å²) in [4.78, 5) is 17.5. The third kappa shape index (κ3) is 4.74. The number of nitrogens with zero attached hydrogens (tertiary/aromatic N) is 3. The van der Waals surface area contributed by atoms with Gasteiger partial charge in [0.15, 0.2) is 5.82 Å². The van der Waals surface area contributed by atoms with Gasteiger partial charge in [-0.15, -0.1) is 5.10 Å². The summed E-state index contributed by atoms with van der Waals surface area (Å²) in [7, 11) is 0. The Morgan fingerprint density at radius 2 is 1.65 bits per heavy atom. The van der Waals surface area contributed by atoms with E-state index in [1.807, 2.05) is 74.5 Å². The Kier molecular flexibility index (Phi) is 6.27. The SMILES string of the molecule is Cc1ccc(-n2nc(C(=O)Nc3ccc(Br)cc3C)nc2-c2ccc(Br)cc2)cc1Cl. The minimum atomic E-state index is -0.388. The molecule has 0 atom stereocenters. The molecule has 0 aliphatic rings. The summed E-state index contributed by atoms with van der Waals surface area (Å²) in [6.45, 7) is 3.86. The molecule has 0 bridgehead atoms. The van der Waals surface area contributed by atoms with Crippen molar-refractivity contribution in [3.8, 4) is 17.1 Å². The zero-order valence-corrected chi connectivity index (χ0v) is 20.6. The van der Waals surface area contributed by atoms with Gasteiger partial charge in [-0.2, -0.15) is 0 Å². The monoisotopic (exact) mass is 558 g/mol. The number of aromatic nitrogens is 3. The Balaban J connectivity index is 1.77. The molecule has 8 heteroatoms. The fraction of sp³-hybridized carbons (Fsp3) is 0.0870. The van der Waals surface area contributed by atoms with Crippen LogP contribution in [0.15, 0.2) is 69.6 Å². The lowest BCUT2D eigenvalue weighted by Gasteiger charge is -2.08. The lowest BCUT2D eigenvalue weighted by Crippen LogP contribution is -2.15. The van der Waals surface area contributed by atoms with Crippen LogP contribution >= 0.6 is 43.5 Å². The van der Waals surface area contributed by atoms with E-state index in [0.717, 1.165) is 31.3 Å². The number of amides is 1. The second-order valence-corrected chi connectivity index (χ2v) is 9.26. The minimum Gasteiger partial charge on any atom is -0.319 e. The molecule has 0 unspecified atom stereocenters. The fourth-order valence-electron chi connectivity index (χ4n) is 3.03. The third-order valence-electron chi connectivity index (χ3n) is 4.75. The van der Waals surface area contributed by atoms with Crippen molar-refractivity contribution in [1.29, 1.82) is 0 Å². The van der Waals surface area contributed by atoms with E-state index in [1.54, 1.807) is 4.68 Å². The summed E-state index contributed by atoms with van der Waals surface area (Å²) in [6, 6.07) is 18.9. The molecule has 0 saturated carbocycles. The molecule has 5 nitrogen and oxygen atoms in total. The van der Waals surface area contributed by atoms with Gasteiger partial charge < -0.3 is 5.32 Å². The smallest absolute Gasteiger partial charge is 0.295 e. The van der Waals surface area contributed by atoms with Crippen molar-refractivity contribution in [3.63, 3.8) is 0 Å². The van der Waals surface area contributed by atoms with Crippen LogP contribution in [0.5, 0.6) is 0 Å². The average Bonchev–Trinajstić information content (AvgIpc) is 3.18. The number of hydrogen-bond donors (Lipinski definition) is 1. The minimum absolute atomic E-state index is 0.0666. The number of benzene rings is 3. The molecule has 0 fully saturated rings. The van der Waals surface area contributed by atoms with Crippen molar-refractivity contribution in [1.82, 2.24) is 14.8 Å². The van der Waals surface area contributed by atoms with E-state index < -0.39 is 0 Å². The van der Waals surface area contributed by atoms with Crippen LogP contribution in [0.2, 0.25) is 5.02 Å². The predicted molar refractivity (Wildman–Crippen MR) is 131 cm³/mol. The second kappa shape index (κ2) is 8.94.